The van der Waals surface area contributed by atoms with Crippen LogP contribution in [0.1, 0.15) is 5.56 Å². The molecule has 0 saturated heterocycles. The number of benzene rings is 1. The lowest BCUT2D eigenvalue weighted by Crippen LogP contribution is -2.31. The van der Waals surface area contributed by atoms with Crippen LogP contribution in [0.2, 0.25) is 0 Å². The van der Waals surface area contributed by atoms with Crippen LogP contribution in [0.3, 0.4) is 0 Å². The molecule has 0 radical (unpaired) electrons. The highest BCUT2D eigenvalue weighted by Crippen LogP contribution is 2.15. The molecule has 0 aliphatic rings. The van der Waals surface area contributed by atoms with E-state index in [2.05, 4.69) is 26.3 Å². The zero-order valence-corrected chi connectivity index (χ0v) is 8.60. The molecular weight excluding hydrogens is 237 g/mol. The lowest BCUT2D eigenvalue weighted by atomic mass is 10.2. The van der Waals surface area contributed by atoms with E-state index in [1.807, 2.05) is 0 Å². The lowest BCUT2D eigenvalue weighted by molar-refractivity contribution is 0.623. The van der Waals surface area contributed by atoms with Gasteiger partial charge in [0.15, 0.2) is 0 Å². The van der Waals surface area contributed by atoms with Crippen LogP contribution in [0.25, 0.3) is 0 Å². The molecule has 5 heteroatoms. The van der Waals surface area contributed by atoms with E-state index in [4.69, 9.17) is 5.84 Å². The standard InChI is InChI=1S/C8H9BrFN3/c1-12-8(13-11)6-3-2-5(9)4-7(6)10/h2-4H,11H2,1H3,(H,12,13). The summed E-state index contributed by atoms with van der Waals surface area (Å²) in [5.41, 5.74) is 2.68. The maximum Gasteiger partial charge on any atom is 0.145 e. The van der Waals surface area contributed by atoms with Crippen molar-refractivity contribution in [3.05, 3.63) is 34.1 Å². The minimum atomic E-state index is -0.368. The molecule has 0 aliphatic heterocycles. The van der Waals surface area contributed by atoms with Gasteiger partial charge in [-0.2, -0.15) is 0 Å². The highest BCUT2D eigenvalue weighted by Gasteiger charge is 2.07. The summed E-state index contributed by atoms with van der Waals surface area (Å²) >= 11 is 3.16. The van der Waals surface area contributed by atoms with Gasteiger partial charge < -0.3 is 5.43 Å². The molecule has 0 atom stereocenters. The second-order valence-electron chi connectivity index (χ2n) is 2.34. The van der Waals surface area contributed by atoms with E-state index < -0.39 is 0 Å². The second kappa shape index (κ2) is 4.34. The molecule has 0 aromatic heterocycles. The predicted octanol–water partition coefficient (Wildman–Crippen LogP) is 1.43. The molecule has 3 nitrogen and oxygen atoms in total. The average Bonchev–Trinajstić information content (AvgIpc) is 2.10. The molecule has 0 bridgehead atoms. The van der Waals surface area contributed by atoms with Gasteiger partial charge in [0, 0.05) is 11.5 Å². The Morgan fingerprint density at radius 1 is 1.62 bits per heavy atom. The smallest absolute Gasteiger partial charge is 0.145 e. The average molecular weight is 246 g/mol. The molecular formula is C8H9BrFN3. The summed E-state index contributed by atoms with van der Waals surface area (Å²) in [4.78, 5) is 3.79. The summed E-state index contributed by atoms with van der Waals surface area (Å²) in [5.74, 6) is 5.12. The van der Waals surface area contributed by atoms with Crippen molar-refractivity contribution in [2.45, 2.75) is 0 Å². The van der Waals surface area contributed by atoms with Gasteiger partial charge in [-0.05, 0) is 18.2 Å². The van der Waals surface area contributed by atoms with E-state index in [0.717, 1.165) is 0 Å². The fourth-order valence-electron chi connectivity index (χ4n) is 0.944. The van der Waals surface area contributed by atoms with Crippen molar-refractivity contribution >= 4 is 21.8 Å². The third-order valence-electron chi connectivity index (χ3n) is 1.55. The largest absolute Gasteiger partial charge is 0.308 e. The van der Waals surface area contributed by atoms with Gasteiger partial charge in [-0.1, -0.05) is 15.9 Å². The number of nitrogens with zero attached hydrogens (tertiary/aromatic N) is 1. The van der Waals surface area contributed by atoms with Gasteiger partial charge in [0.2, 0.25) is 0 Å². The Balaban J connectivity index is 3.15. The molecule has 3 N–H and O–H groups in total. The molecule has 0 fully saturated rings. The van der Waals surface area contributed by atoms with Crippen molar-refractivity contribution in [2.75, 3.05) is 7.05 Å². The highest BCUT2D eigenvalue weighted by atomic mass is 79.9. The van der Waals surface area contributed by atoms with Crippen LogP contribution >= 0.6 is 15.9 Å². The van der Waals surface area contributed by atoms with Crippen molar-refractivity contribution in [3.8, 4) is 0 Å². The number of hydrogen-bond acceptors (Lipinski definition) is 2. The van der Waals surface area contributed by atoms with E-state index in [1.165, 1.54) is 13.1 Å². The first kappa shape index (κ1) is 10.1. The molecule has 13 heavy (non-hydrogen) atoms. The fraction of sp³-hybridized carbons (Fsp3) is 0.125. The Bertz CT molecular complexity index is 338. The zero-order chi connectivity index (χ0) is 9.84. The number of amidine groups is 1. The maximum atomic E-state index is 13.3. The van der Waals surface area contributed by atoms with Crippen LogP contribution in [0.5, 0.6) is 0 Å². The third-order valence-corrected chi connectivity index (χ3v) is 2.04. The summed E-state index contributed by atoms with van der Waals surface area (Å²) < 4.78 is 13.9. The van der Waals surface area contributed by atoms with Crippen LogP contribution in [-0.2, 0) is 0 Å². The van der Waals surface area contributed by atoms with Crippen LogP contribution < -0.4 is 11.3 Å². The van der Waals surface area contributed by atoms with Crippen LogP contribution in [0.15, 0.2) is 27.7 Å². The van der Waals surface area contributed by atoms with E-state index in [9.17, 15) is 4.39 Å². The summed E-state index contributed by atoms with van der Waals surface area (Å²) in [6, 6.07) is 4.68. The Morgan fingerprint density at radius 2 is 2.31 bits per heavy atom. The molecule has 0 amide bonds. The second-order valence-corrected chi connectivity index (χ2v) is 3.26. The van der Waals surface area contributed by atoms with Gasteiger partial charge in [0.1, 0.15) is 11.7 Å². The number of halogens is 2. The van der Waals surface area contributed by atoms with Gasteiger partial charge in [-0.25, -0.2) is 10.2 Å². The SMILES string of the molecule is CN=C(NN)c1ccc(Br)cc1F. The predicted molar refractivity (Wildman–Crippen MR) is 53.9 cm³/mol. The van der Waals surface area contributed by atoms with Crippen molar-refractivity contribution < 1.29 is 4.39 Å². The Hall–Kier alpha value is -0.940. The maximum absolute atomic E-state index is 13.3. The van der Waals surface area contributed by atoms with Crippen molar-refractivity contribution in [3.63, 3.8) is 0 Å². The fourth-order valence-corrected chi connectivity index (χ4v) is 1.28. The molecule has 0 saturated carbocycles. The Morgan fingerprint density at radius 3 is 2.77 bits per heavy atom. The summed E-state index contributed by atoms with van der Waals surface area (Å²) in [6.07, 6.45) is 0. The molecule has 70 valence electrons. The van der Waals surface area contributed by atoms with E-state index in [0.29, 0.717) is 15.9 Å². The monoisotopic (exact) mass is 245 g/mol. The summed E-state index contributed by atoms with van der Waals surface area (Å²) in [7, 11) is 1.54. The van der Waals surface area contributed by atoms with Gasteiger partial charge >= 0.3 is 0 Å². The molecule has 0 spiro atoms. The van der Waals surface area contributed by atoms with E-state index in [-0.39, 0.29) is 5.82 Å². The molecule has 0 aliphatic carbocycles. The minimum Gasteiger partial charge on any atom is -0.308 e. The number of hydrogen-bond donors (Lipinski definition) is 2. The number of aliphatic imine (C=N–C) groups is 1. The Labute approximate surface area is 83.9 Å². The van der Waals surface area contributed by atoms with Crippen molar-refractivity contribution in [1.29, 1.82) is 0 Å². The topological polar surface area (TPSA) is 50.4 Å². The molecule has 1 aromatic carbocycles. The quantitative estimate of drug-likeness (QED) is 0.341. The summed E-state index contributed by atoms with van der Waals surface area (Å²) in [6.45, 7) is 0. The first-order valence-corrected chi connectivity index (χ1v) is 4.37. The molecule has 0 heterocycles. The number of hydrazine groups is 1. The lowest BCUT2D eigenvalue weighted by Gasteiger charge is -2.05. The first-order chi connectivity index (χ1) is 6.19. The van der Waals surface area contributed by atoms with E-state index in [1.54, 1.807) is 12.1 Å². The molecule has 1 aromatic rings. The van der Waals surface area contributed by atoms with Gasteiger partial charge in [-0.3, -0.25) is 4.99 Å². The van der Waals surface area contributed by atoms with Crippen molar-refractivity contribution in [2.24, 2.45) is 10.8 Å². The van der Waals surface area contributed by atoms with Crippen LogP contribution in [-0.4, -0.2) is 12.9 Å². The third kappa shape index (κ3) is 2.26. The first-order valence-electron chi connectivity index (χ1n) is 3.58. The molecule has 0 unspecified atom stereocenters. The number of rotatable bonds is 1. The summed E-state index contributed by atoms with van der Waals surface area (Å²) in [5, 5.41) is 0. The minimum absolute atomic E-state index is 0.324. The van der Waals surface area contributed by atoms with Gasteiger partial charge in [-0.15, -0.1) is 0 Å². The zero-order valence-electron chi connectivity index (χ0n) is 7.01. The van der Waals surface area contributed by atoms with E-state index >= 15 is 0 Å². The van der Waals surface area contributed by atoms with Crippen molar-refractivity contribution in [1.82, 2.24) is 5.43 Å². The van der Waals surface area contributed by atoms with Crippen LogP contribution in [0, 0.1) is 5.82 Å². The Kier molecular flexibility index (Phi) is 3.39. The highest BCUT2D eigenvalue weighted by molar-refractivity contribution is 9.10. The number of nitrogens with one attached hydrogen (secondary N) is 1. The van der Waals surface area contributed by atoms with Gasteiger partial charge in [0.25, 0.3) is 0 Å². The number of nitrogens with two attached hydrogens (primary N) is 1. The van der Waals surface area contributed by atoms with Crippen LogP contribution in [0.4, 0.5) is 4.39 Å². The molecule has 1 rings (SSSR count). The normalized spacial score (nSPS) is 11.5. The van der Waals surface area contributed by atoms with Gasteiger partial charge in [0.05, 0.1) is 5.56 Å².